The summed E-state index contributed by atoms with van der Waals surface area (Å²) in [6.07, 6.45) is 1.28. The minimum Gasteiger partial charge on any atom is -0.409 e. The number of anilines is 1. The molecule has 1 atom stereocenters. The van der Waals surface area contributed by atoms with Gasteiger partial charge in [0.1, 0.15) is 0 Å². The van der Waals surface area contributed by atoms with Crippen LogP contribution in [0.25, 0.3) is 0 Å². The summed E-state index contributed by atoms with van der Waals surface area (Å²) in [6.45, 7) is 0.817. The molecular formula is C11H15N5O5. The van der Waals surface area contributed by atoms with Crippen LogP contribution in [0.15, 0.2) is 17.4 Å². The number of morpholine rings is 1. The van der Waals surface area contributed by atoms with Crippen molar-refractivity contribution >= 4 is 17.3 Å². The molecule has 0 radical (unpaired) electrons. The summed E-state index contributed by atoms with van der Waals surface area (Å²) in [5.74, 6) is -0.144. The first-order valence-corrected chi connectivity index (χ1v) is 6.16. The molecule has 1 fully saturated rings. The highest BCUT2D eigenvalue weighted by atomic mass is 16.6. The maximum atomic E-state index is 11.2. The molecule has 1 saturated heterocycles. The van der Waals surface area contributed by atoms with Crippen LogP contribution >= 0.6 is 0 Å². The molecule has 0 aromatic carbocycles. The largest absolute Gasteiger partial charge is 0.409 e. The van der Waals surface area contributed by atoms with Crippen LogP contribution in [0.1, 0.15) is 5.56 Å². The van der Waals surface area contributed by atoms with Gasteiger partial charge in [-0.2, -0.15) is 0 Å². The zero-order valence-corrected chi connectivity index (χ0v) is 11.0. The molecule has 1 unspecified atom stereocenters. The van der Waals surface area contributed by atoms with Gasteiger partial charge in [-0.25, -0.2) is 4.98 Å². The minimum atomic E-state index is -0.597. The van der Waals surface area contributed by atoms with Crippen molar-refractivity contribution in [3.63, 3.8) is 0 Å². The number of nitrogens with zero attached hydrogens (tertiary/aromatic N) is 4. The first-order chi connectivity index (χ1) is 10.1. The standard InChI is InChI=1S/C11H15N5O5/c12-10(14-18)7-3-9(16(19)20)11(13-4-7)15-1-2-21-6-8(15)5-17/h3-4,8,17-18H,1-2,5-6H2,(H2,12,14). The third kappa shape index (κ3) is 3.01. The molecule has 2 heterocycles. The van der Waals surface area contributed by atoms with E-state index >= 15 is 0 Å². The number of ether oxygens (including phenoxy) is 1. The number of nitrogens with two attached hydrogens (primary N) is 1. The van der Waals surface area contributed by atoms with Gasteiger partial charge in [-0.05, 0) is 0 Å². The molecule has 1 aliphatic heterocycles. The monoisotopic (exact) mass is 297 g/mol. The van der Waals surface area contributed by atoms with Crippen LogP contribution in [0, 0.1) is 10.1 Å². The zero-order valence-electron chi connectivity index (χ0n) is 11.0. The van der Waals surface area contributed by atoms with Gasteiger partial charge in [0.15, 0.2) is 5.84 Å². The molecule has 1 aliphatic rings. The Bertz CT molecular complexity index is 564. The van der Waals surface area contributed by atoms with Gasteiger partial charge < -0.3 is 25.7 Å². The number of oxime groups is 1. The van der Waals surface area contributed by atoms with Crippen molar-refractivity contribution in [3.05, 3.63) is 27.9 Å². The van der Waals surface area contributed by atoms with E-state index in [1.54, 1.807) is 4.90 Å². The number of aliphatic hydroxyl groups excluding tert-OH is 1. The first-order valence-electron chi connectivity index (χ1n) is 6.16. The van der Waals surface area contributed by atoms with E-state index in [4.69, 9.17) is 15.7 Å². The summed E-state index contributed by atoms with van der Waals surface area (Å²) in [6, 6.07) is 0.779. The summed E-state index contributed by atoms with van der Waals surface area (Å²) < 4.78 is 5.23. The van der Waals surface area contributed by atoms with Crippen LogP contribution in [-0.4, -0.2) is 58.5 Å². The van der Waals surface area contributed by atoms with E-state index in [0.29, 0.717) is 13.2 Å². The van der Waals surface area contributed by atoms with Gasteiger partial charge in [0.2, 0.25) is 5.82 Å². The second-order valence-electron chi connectivity index (χ2n) is 4.41. The van der Waals surface area contributed by atoms with Gasteiger partial charge in [-0.15, -0.1) is 0 Å². The maximum Gasteiger partial charge on any atom is 0.312 e. The van der Waals surface area contributed by atoms with E-state index < -0.39 is 11.0 Å². The van der Waals surface area contributed by atoms with Crippen LogP contribution in [0.4, 0.5) is 11.5 Å². The molecule has 0 bridgehead atoms. The molecule has 10 heteroatoms. The Morgan fingerprint density at radius 3 is 3.10 bits per heavy atom. The van der Waals surface area contributed by atoms with E-state index in [1.165, 1.54) is 12.3 Å². The van der Waals surface area contributed by atoms with Crippen LogP contribution in [0.3, 0.4) is 0 Å². The molecule has 0 spiro atoms. The predicted molar refractivity (Wildman–Crippen MR) is 72.4 cm³/mol. The lowest BCUT2D eigenvalue weighted by atomic mass is 10.2. The summed E-state index contributed by atoms with van der Waals surface area (Å²) in [7, 11) is 0. The van der Waals surface area contributed by atoms with Gasteiger partial charge >= 0.3 is 5.69 Å². The van der Waals surface area contributed by atoms with Gasteiger partial charge in [0.05, 0.1) is 30.8 Å². The second kappa shape index (κ2) is 6.33. The fourth-order valence-electron chi connectivity index (χ4n) is 2.08. The number of aliphatic hydroxyl groups is 1. The molecule has 10 nitrogen and oxygen atoms in total. The fraction of sp³-hybridized carbons (Fsp3) is 0.455. The van der Waals surface area contributed by atoms with E-state index in [1.807, 2.05) is 0 Å². The highest BCUT2D eigenvalue weighted by molar-refractivity contribution is 5.97. The number of amidine groups is 1. The topological polar surface area (TPSA) is 147 Å². The number of hydrogen-bond acceptors (Lipinski definition) is 8. The molecule has 0 aliphatic carbocycles. The average molecular weight is 297 g/mol. The third-order valence-electron chi connectivity index (χ3n) is 3.16. The Balaban J connectivity index is 2.45. The molecule has 0 saturated carbocycles. The fourth-order valence-corrected chi connectivity index (χ4v) is 2.08. The quantitative estimate of drug-likeness (QED) is 0.217. The van der Waals surface area contributed by atoms with Crippen molar-refractivity contribution in [1.82, 2.24) is 4.98 Å². The van der Waals surface area contributed by atoms with E-state index in [9.17, 15) is 15.2 Å². The molecule has 1 aromatic rings. The third-order valence-corrected chi connectivity index (χ3v) is 3.16. The zero-order chi connectivity index (χ0) is 15.4. The van der Waals surface area contributed by atoms with Crippen LogP contribution in [0.2, 0.25) is 0 Å². The van der Waals surface area contributed by atoms with Crippen molar-refractivity contribution in [2.45, 2.75) is 6.04 Å². The average Bonchev–Trinajstić information content (AvgIpc) is 2.53. The van der Waals surface area contributed by atoms with Gasteiger partial charge in [-0.3, -0.25) is 10.1 Å². The Labute approximate surface area is 119 Å². The maximum absolute atomic E-state index is 11.2. The van der Waals surface area contributed by atoms with Crippen molar-refractivity contribution in [1.29, 1.82) is 0 Å². The molecular weight excluding hydrogens is 282 g/mol. The molecule has 1 aromatic heterocycles. The summed E-state index contributed by atoms with van der Waals surface area (Å²) >= 11 is 0. The highest BCUT2D eigenvalue weighted by Crippen LogP contribution is 2.29. The van der Waals surface area contributed by atoms with Crippen molar-refractivity contribution < 1.29 is 20.0 Å². The first kappa shape index (κ1) is 14.9. The lowest BCUT2D eigenvalue weighted by Gasteiger charge is -2.34. The number of pyridine rings is 1. The van der Waals surface area contributed by atoms with Gasteiger partial charge in [0.25, 0.3) is 0 Å². The van der Waals surface area contributed by atoms with Crippen molar-refractivity contribution in [2.75, 3.05) is 31.3 Å². The number of rotatable bonds is 4. The molecule has 4 N–H and O–H groups in total. The van der Waals surface area contributed by atoms with Crippen LogP contribution in [-0.2, 0) is 4.74 Å². The van der Waals surface area contributed by atoms with Crippen molar-refractivity contribution in [2.24, 2.45) is 10.9 Å². The van der Waals surface area contributed by atoms with E-state index in [0.717, 1.165) is 0 Å². The Morgan fingerprint density at radius 2 is 2.48 bits per heavy atom. The minimum absolute atomic E-state index is 0.122. The Morgan fingerprint density at radius 1 is 1.71 bits per heavy atom. The smallest absolute Gasteiger partial charge is 0.312 e. The predicted octanol–water partition coefficient (Wildman–Crippen LogP) is -0.718. The van der Waals surface area contributed by atoms with Gasteiger partial charge in [0, 0.05) is 24.4 Å². The Hall–Kier alpha value is -2.46. The molecule has 0 amide bonds. The number of hydrogen-bond donors (Lipinski definition) is 3. The number of nitro groups is 1. The Kier molecular flexibility index (Phi) is 4.50. The van der Waals surface area contributed by atoms with Gasteiger partial charge in [-0.1, -0.05) is 5.16 Å². The number of aromatic nitrogens is 1. The van der Waals surface area contributed by atoms with E-state index in [2.05, 4.69) is 10.1 Å². The van der Waals surface area contributed by atoms with Crippen LogP contribution < -0.4 is 10.6 Å². The second-order valence-corrected chi connectivity index (χ2v) is 4.41. The summed E-state index contributed by atoms with van der Waals surface area (Å²) in [4.78, 5) is 16.3. The summed E-state index contributed by atoms with van der Waals surface area (Å²) in [5, 5.41) is 32.0. The SMILES string of the molecule is NC(=NO)c1cnc(N2CCOCC2CO)c([N+](=O)[O-])c1. The van der Waals surface area contributed by atoms with Crippen molar-refractivity contribution in [3.8, 4) is 0 Å². The normalized spacial score (nSPS) is 19.6. The summed E-state index contributed by atoms with van der Waals surface area (Å²) in [5.41, 5.74) is 5.27. The van der Waals surface area contributed by atoms with E-state index in [-0.39, 0.29) is 36.1 Å². The highest BCUT2D eigenvalue weighted by Gasteiger charge is 2.30. The lowest BCUT2D eigenvalue weighted by molar-refractivity contribution is -0.384. The van der Waals surface area contributed by atoms with Crippen LogP contribution in [0.5, 0.6) is 0 Å². The molecule has 114 valence electrons. The lowest BCUT2D eigenvalue weighted by Crippen LogP contribution is -2.48. The molecule has 21 heavy (non-hydrogen) atoms. The molecule has 2 rings (SSSR count).